The summed E-state index contributed by atoms with van der Waals surface area (Å²) in [6.07, 6.45) is 1.69. The molecule has 0 aliphatic heterocycles. The maximum absolute atomic E-state index is 9.87. The van der Waals surface area contributed by atoms with Crippen LogP contribution in [-0.4, -0.2) is 17.3 Å². The number of ether oxygens (including phenoxy) is 1. The fourth-order valence-corrected chi connectivity index (χ4v) is 3.19. The monoisotopic (exact) mass is 363 g/mol. The van der Waals surface area contributed by atoms with E-state index in [0.717, 1.165) is 39.3 Å². The Labute approximate surface area is 163 Å². The van der Waals surface area contributed by atoms with E-state index in [4.69, 9.17) is 4.74 Å². The second kappa shape index (κ2) is 7.73. The summed E-state index contributed by atoms with van der Waals surface area (Å²) in [7, 11) is 1.64. The van der Waals surface area contributed by atoms with Crippen molar-refractivity contribution in [3.05, 3.63) is 90.6 Å². The summed E-state index contributed by atoms with van der Waals surface area (Å²) in [4.78, 5) is 0. The van der Waals surface area contributed by atoms with Crippen molar-refractivity contribution in [1.29, 1.82) is 5.26 Å². The molecular formula is C24H17N3O. The second-order valence-corrected chi connectivity index (χ2v) is 6.26. The number of hydrogen-bond acceptors (Lipinski definition) is 4. The van der Waals surface area contributed by atoms with E-state index in [2.05, 4.69) is 16.3 Å². The molecule has 28 heavy (non-hydrogen) atoms. The Morgan fingerprint density at radius 1 is 0.786 bits per heavy atom. The molecule has 0 amide bonds. The SMILES string of the molecule is COc1ccc(-c2cc(-c3cccc(-c4ccccc4)c3C#N)cnn2)cc1. The van der Waals surface area contributed by atoms with Crippen LogP contribution in [0.2, 0.25) is 0 Å². The lowest BCUT2D eigenvalue weighted by molar-refractivity contribution is 0.415. The lowest BCUT2D eigenvalue weighted by Gasteiger charge is -2.11. The molecule has 0 atom stereocenters. The predicted octanol–water partition coefficient (Wildman–Crippen LogP) is 5.36. The Hall–Kier alpha value is -3.97. The molecule has 0 aliphatic rings. The highest BCUT2D eigenvalue weighted by Crippen LogP contribution is 2.33. The summed E-state index contributed by atoms with van der Waals surface area (Å²) in [6, 6.07) is 27.8. The minimum atomic E-state index is 0.627. The molecule has 3 aromatic carbocycles. The fraction of sp³-hybridized carbons (Fsp3) is 0.0417. The van der Waals surface area contributed by atoms with E-state index in [1.54, 1.807) is 13.3 Å². The van der Waals surface area contributed by atoms with Gasteiger partial charge >= 0.3 is 0 Å². The standard InChI is InChI=1S/C24H17N3O/c1-28-20-12-10-18(11-13-20)24-14-19(16-26-27-24)22-9-5-8-21(23(22)15-25)17-6-3-2-4-7-17/h2-14,16H,1H3. The minimum Gasteiger partial charge on any atom is -0.497 e. The van der Waals surface area contributed by atoms with Crippen molar-refractivity contribution in [1.82, 2.24) is 10.2 Å². The first-order valence-electron chi connectivity index (χ1n) is 8.86. The van der Waals surface area contributed by atoms with E-state index >= 15 is 0 Å². The Morgan fingerprint density at radius 2 is 1.50 bits per heavy atom. The summed E-state index contributed by atoms with van der Waals surface area (Å²) < 4.78 is 5.21. The first-order chi connectivity index (χ1) is 13.8. The number of methoxy groups -OCH3 is 1. The molecule has 4 aromatic rings. The van der Waals surface area contributed by atoms with Crippen LogP contribution in [0.25, 0.3) is 33.5 Å². The smallest absolute Gasteiger partial charge is 0.118 e. The van der Waals surface area contributed by atoms with Gasteiger partial charge in [0.25, 0.3) is 0 Å². The molecule has 134 valence electrons. The lowest BCUT2D eigenvalue weighted by Crippen LogP contribution is -1.93. The molecule has 4 heteroatoms. The number of nitriles is 1. The van der Waals surface area contributed by atoms with E-state index in [9.17, 15) is 5.26 Å². The van der Waals surface area contributed by atoms with Crippen LogP contribution in [0.4, 0.5) is 0 Å². The number of hydrogen-bond donors (Lipinski definition) is 0. The van der Waals surface area contributed by atoms with Crippen LogP contribution < -0.4 is 4.74 Å². The van der Waals surface area contributed by atoms with E-state index in [-0.39, 0.29) is 0 Å². The van der Waals surface area contributed by atoms with Crippen molar-refractivity contribution < 1.29 is 4.74 Å². The van der Waals surface area contributed by atoms with Crippen molar-refractivity contribution in [3.8, 4) is 45.3 Å². The van der Waals surface area contributed by atoms with E-state index in [0.29, 0.717) is 5.56 Å². The summed E-state index contributed by atoms with van der Waals surface area (Å²) in [5.74, 6) is 0.787. The summed E-state index contributed by atoms with van der Waals surface area (Å²) >= 11 is 0. The largest absolute Gasteiger partial charge is 0.497 e. The third-order valence-corrected chi connectivity index (χ3v) is 4.61. The van der Waals surface area contributed by atoms with Gasteiger partial charge in [0, 0.05) is 22.3 Å². The molecule has 0 saturated carbocycles. The highest BCUT2D eigenvalue weighted by atomic mass is 16.5. The molecule has 0 radical (unpaired) electrons. The van der Waals surface area contributed by atoms with Gasteiger partial charge in [-0.3, -0.25) is 0 Å². The molecule has 0 unspecified atom stereocenters. The maximum atomic E-state index is 9.87. The van der Waals surface area contributed by atoms with Gasteiger partial charge in [0.15, 0.2) is 0 Å². The Bertz CT molecular complexity index is 1150. The molecule has 0 N–H and O–H groups in total. The Kier molecular flexibility index (Phi) is 4.81. The van der Waals surface area contributed by atoms with Gasteiger partial charge in [-0.05, 0) is 35.9 Å². The zero-order valence-electron chi connectivity index (χ0n) is 15.3. The van der Waals surface area contributed by atoms with Gasteiger partial charge in [0.2, 0.25) is 0 Å². The Morgan fingerprint density at radius 3 is 2.18 bits per heavy atom. The highest BCUT2D eigenvalue weighted by Gasteiger charge is 2.13. The van der Waals surface area contributed by atoms with Gasteiger partial charge in [0.1, 0.15) is 11.8 Å². The first kappa shape index (κ1) is 17.4. The third-order valence-electron chi connectivity index (χ3n) is 4.61. The normalized spacial score (nSPS) is 10.3. The molecular weight excluding hydrogens is 346 g/mol. The predicted molar refractivity (Wildman–Crippen MR) is 110 cm³/mol. The molecule has 0 spiro atoms. The van der Waals surface area contributed by atoms with Crippen LogP contribution in [0.5, 0.6) is 5.75 Å². The molecule has 0 bridgehead atoms. The molecule has 1 heterocycles. The average molecular weight is 363 g/mol. The van der Waals surface area contributed by atoms with Crippen molar-refractivity contribution in [2.45, 2.75) is 0 Å². The lowest BCUT2D eigenvalue weighted by atomic mass is 9.93. The van der Waals surface area contributed by atoms with E-state index in [1.807, 2.05) is 78.9 Å². The molecule has 0 aliphatic carbocycles. The quantitative estimate of drug-likeness (QED) is 0.490. The van der Waals surface area contributed by atoms with Gasteiger partial charge in [0.05, 0.1) is 24.6 Å². The van der Waals surface area contributed by atoms with Crippen LogP contribution in [0, 0.1) is 11.3 Å². The van der Waals surface area contributed by atoms with Gasteiger partial charge < -0.3 is 4.74 Å². The van der Waals surface area contributed by atoms with E-state index < -0.39 is 0 Å². The van der Waals surface area contributed by atoms with Crippen LogP contribution in [0.15, 0.2) is 85.1 Å². The highest BCUT2D eigenvalue weighted by molar-refractivity contribution is 5.82. The molecule has 0 fully saturated rings. The van der Waals surface area contributed by atoms with Gasteiger partial charge in [-0.1, -0.05) is 48.5 Å². The Balaban J connectivity index is 1.81. The first-order valence-corrected chi connectivity index (χ1v) is 8.86. The number of benzene rings is 3. The maximum Gasteiger partial charge on any atom is 0.118 e. The van der Waals surface area contributed by atoms with Gasteiger partial charge in [-0.25, -0.2) is 0 Å². The van der Waals surface area contributed by atoms with Crippen molar-refractivity contribution >= 4 is 0 Å². The van der Waals surface area contributed by atoms with E-state index in [1.165, 1.54) is 0 Å². The van der Waals surface area contributed by atoms with Crippen LogP contribution in [-0.2, 0) is 0 Å². The molecule has 1 aromatic heterocycles. The average Bonchev–Trinajstić information content (AvgIpc) is 2.79. The van der Waals surface area contributed by atoms with Crippen LogP contribution in [0.1, 0.15) is 5.56 Å². The van der Waals surface area contributed by atoms with Crippen LogP contribution >= 0.6 is 0 Å². The van der Waals surface area contributed by atoms with Crippen molar-refractivity contribution in [2.24, 2.45) is 0 Å². The fourth-order valence-electron chi connectivity index (χ4n) is 3.19. The molecule has 4 rings (SSSR count). The molecule has 0 saturated heterocycles. The third kappa shape index (κ3) is 3.34. The topological polar surface area (TPSA) is 58.8 Å². The summed E-state index contributed by atoms with van der Waals surface area (Å²) in [5, 5.41) is 18.3. The zero-order valence-corrected chi connectivity index (χ0v) is 15.3. The number of nitrogens with zero attached hydrogens (tertiary/aromatic N) is 3. The number of rotatable bonds is 4. The number of aromatic nitrogens is 2. The summed E-state index contributed by atoms with van der Waals surface area (Å²) in [5.41, 5.74) is 5.93. The molecule has 4 nitrogen and oxygen atoms in total. The van der Waals surface area contributed by atoms with Gasteiger partial charge in [-0.2, -0.15) is 15.5 Å². The van der Waals surface area contributed by atoms with Crippen molar-refractivity contribution in [2.75, 3.05) is 7.11 Å². The minimum absolute atomic E-state index is 0.627. The zero-order chi connectivity index (χ0) is 19.3. The van der Waals surface area contributed by atoms with Gasteiger partial charge in [-0.15, -0.1) is 0 Å². The van der Waals surface area contributed by atoms with Crippen molar-refractivity contribution in [3.63, 3.8) is 0 Å². The summed E-state index contributed by atoms with van der Waals surface area (Å²) in [6.45, 7) is 0. The van der Waals surface area contributed by atoms with Crippen LogP contribution in [0.3, 0.4) is 0 Å². The second-order valence-electron chi connectivity index (χ2n) is 6.26.